The molecule has 0 atom stereocenters. The van der Waals surface area contributed by atoms with Gasteiger partial charge >= 0.3 is 0 Å². The van der Waals surface area contributed by atoms with Crippen molar-refractivity contribution in [2.75, 3.05) is 31.1 Å². The van der Waals surface area contributed by atoms with E-state index in [1.54, 1.807) is 11.1 Å². The minimum Gasteiger partial charge on any atom is -0.337 e. The van der Waals surface area contributed by atoms with Gasteiger partial charge in [0.05, 0.1) is 4.92 Å². The number of carbonyl (C=O) groups is 1. The number of rotatable bonds is 3. The fraction of sp³-hybridized carbons (Fsp3) is 0.312. The molecule has 1 fully saturated rings. The van der Waals surface area contributed by atoms with E-state index >= 15 is 0 Å². The van der Waals surface area contributed by atoms with E-state index in [0.29, 0.717) is 37.7 Å². The number of anilines is 1. The molecule has 24 heavy (non-hydrogen) atoms. The van der Waals surface area contributed by atoms with Crippen LogP contribution < -0.4 is 4.90 Å². The van der Waals surface area contributed by atoms with E-state index in [2.05, 4.69) is 9.97 Å². The lowest BCUT2D eigenvalue weighted by Gasteiger charge is -2.34. The Balaban J connectivity index is 1.63. The van der Waals surface area contributed by atoms with Gasteiger partial charge in [0.1, 0.15) is 0 Å². The molecule has 0 saturated carbocycles. The summed E-state index contributed by atoms with van der Waals surface area (Å²) in [5, 5.41) is 10.7. The summed E-state index contributed by atoms with van der Waals surface area (Å²) >= 11 is 0. The van der Waals surface area contributed by atoms with Crippen molar-refractivity contribution in [1.82, 2.24) is 14.9 Å². The summed E-state index contributed by atoms with van der Waals surface area (Å²) in [6.45, 7) is 4.35. The molecule has 124 valence electrons. The van der Waals surface area contributed by atoms with Crippen LogP contribution in [0.25, 0.3) is 0 Å². The molecule has 1 aromatic carbocycles. The van der Waals surface area contributed by atoms with E-state index in [9.17, 15) is 14.9 Å². The highest BCUT2D eigenvalue weighted by Crippen LogP contribution is 2.16. The summed E-state index contributed by atoms with van der Waals surface area (Å²) in [4.78, 5) is 35.1. The van der Waals surface area contributed by atoms with Crippen LogP contribution in [0.4, 0.5) is 11.6 Å². The average molecular weight is 327 g/mol. The molecule has 0 unspecified atom stereocenters. The Kier molecular flexibility index (Phi) is 4.37. The number of nitro benzene ring substituents is 1. The Hall–Kier alpha value is -3.03. The Morgan fingerprint density at radius 1 is 1.12 bits per heavy atom. The van der Waals surface area contributed by atoms with E-state index in [-0.39, 0.29) is 11.6 Å². The van der Waals surface area contributed by atoms with Crippen LogP contribution in [0.5, 0.6) is 0 Å². The summed E-state index contributed by atoms with van der Waals surface area (Å²) in [5.41, 5.74) is 1.35. The van der Waals surface area contributed by atoms with Crippen molar-refractivity contribution >= 4 is 17.5 Å². The molecule has 8 heteroatoms. The molecule has 1 aliphatic rings. The van der Waals surface area contributed by atoms with Crippen molar-refractivity contribution in [1.29, 1.82) is 0 Å². The van der Waals surface area contributed by atoms with Gasteiger partial charge in [-0.3, -0.25) is 14.9 Å². The number of piperazine rings is 1. The monoisotopic (exact) mass is 327 g/mol. The predicted octanol–water partition coefficient (Wildman–Crippen LogP) is 1.66. The van der Waals surface area contributed by atoms with Gasteiger partial charge in [0.15, 0.2) is 0 Å². The zero-order chi connectivity index (χ0) is 17.1. The van der Waals surface area contributed by atoms with Crippen LogP contribution in [-0.2, 0) is 0 Å². The van der Waals surface area contributed by atoms with Gasteiger partial charge in [-0.05, 0) is 25.1 Å². The smallest absolute Gasteiger partial charge is 0.269 e. The topological polar surface area (TPSA) is 92.5 Å². The standard InChI is InChI=1S/C16H17N5O3/c1-12-6-7-17-16(18-12)20-10-8-19(9-11-20)15(22)13-2-4-14(5-3-13)21(23)24/h2-7H,8-11H2,1H3. The lowest BCUT2D eigenvalue weighted by Crippen LogP contribution is -2.49. The Morgan fingerprint density at radius 2 is 1.79 bits per heavy atom. The number of benzene rings is 1. The number of amides is 1. The maximum atomic E-state index is 12.5. The number of non-ortho nitro benzene ring substituents is 1. The molecular formula is C16H17N5O3. The molecule has 8 nitrogen and oxygen atoms in total. The molecule has 2 aromatic rings. The van der Waals surface area contributed by atoms with Gasteiger partial charge in [0, 0.05) is 55.8 Å². The first-order valence-electron chi connectivity index (χ1n) is 7.63. The number of carbonyl (C=O) groups excluding carboxylic acids is 1. The van der Waals surface area contributed by atoms with Crippen molar-refractivity contribution < 1.29 is 9.72 Å². The summed E-state index contributed by atoms with van der Waals surface area (Å²) in [6, 6.07) is 7.54. The van der Waals surface area contributed by atoms with Crippen LogP contribution in [0.2, 0.25) is 0 Å². The summed E-state index contributed by atoms with van der Waals surface area (Å²) in [5.74, 6) is 0.562. The quantitative estimate of drug-likeness (QED) is 0.629. The van der Waals surface area contributed by atoms with Crippen LogP contribution >= 0.6 is 0 Å². The van der Waals surface area contributed by atoms with Crippen LogP contribution in [0.1, 0.15) is 16.1 Å². The van der Waals surface area contributed by atoms with Gasteiger partial charge < -0.3 is 9.80 Å². The highest BCUT2D eigenvalue weighted by Gasteiger charge is 2.23. The summed E-state index contributed by atoms with van der Waals surface area (Å²) in [6.07, 6.45) is 1.73. The minimum atomic E-state index is -0.477. The number of hydrogen-bond acceptors (Lipinski definition) is 6. The second-order valence-electron chi connectivity index (χ2n) is 5.58. The maximum absolute atomic E-state index is 12.5. The Morgan fingerprint density at radius 3 is 2.38 bits per heavy atom. The first-order valence-corrected chi connectivity index (χ1v) is 7.63. The van der Waals surface area contributed by atoms with E-state index in [4.69, 9.17) is 0 Å². The Bertz CT molecular complexity index is 755. The third kappa shape index (κ3) is 3.32. The number of aromatic nitrogens is 2. The number of nitrogens with zero attached hydrogens (tertiary/aromatic N) is 5. The largest absolute Gasteiger partial charge is 0.337 e. The van der Waals surface area contributed by atoms with Gasteiger partial charge in [0.25, 0.3) is 11.6 Å². The molecule has 1 aliphatic heterocycles. The van der Waals surface area contributed by atoms with Crippen molar-refractivity contribution in [3.63, 3.8) is 0 Å². The van der Waals surface area contributed by atoms with Gasteiger partial charge in [-0.2, -0.15) is 0 Å². The second-order valence-corrected chi connectivity index (χ2v) is 5.58. The fourth-order valence-corrected chi connectivity index (χ4v) is 2.61. The molecule has 3 rings (SSSR count). The average Bonchev–Trinajstić information content (AvgIpc) is 2.61. The molecule has 1 amide bonds. The lowest BCUT2D eigenvalue weighted by molar-refractivity contribution is -0.384. The van der Waals surface area contributed by atoms with Gasteiger partial charge in [-0.15, -0.1) is 0 Å². The highest BCUT2D eigenvalue weighted by molar-refractivity contribution is 5.94. The number of nitro groups is 1. The SMILES string of the molecule is Cc1ccnc(N2CCN(C(=O)c3ccc([N+](=O)[O-])cc3)CC2)n1. The van der Waals surface area contributed by atoms with Gasteiger partial charge in [-0.1, -0.05) is 0 Å². The molecular weight excluding hydrogens is 310 g/mol. The first-order chi connectivity index (χ1) is 11.5. The summed E-state index contributed by atoms with van der Waals surface area (Å²) < 4.78 is 0. The van der Waals surface area contributed by atoms with E-state index in [1.165, 1.54) is 24.3 Å². The fourth-order valence-electron chi connectivity index (χ4n) is 2.61. The third-order valence-electron chi connectivity index (χ3n) is 3.96. The van der Waals surface area contributed by atoms with Crippen molar-refractivity contribution in [2.45, 2.75) is 6.92 Å². The molecule has 0 aliphatic carbocycles. The molecule has 2 heterocycles. The predicted molar refractivity (Wildman–Crippen MR) is 88.0 cm³/mol. The molecule has 1 saturated heterocycles. The zero-order valence-electron chi connectivity index (χ0n) is 13.3. The molecule has 0 radical (unpaired) electrons. The van der Waals surface area contributed by atoms with Crippen LogP contribution in [-0.4, -0.2) is 51.9 Å². The van der Waals surface area contributed by atoms with E-state index in [1.807, 2.05) is 17.9 Å². The second kappa shape index (κ2) is 6.61. The highest BCUT2D eigenvalue weighted by atomic mass is 16.6. The van der Waals surface area contributed by atoms with Crippen molar-refractivity contribution in [3.05, 3.63) is 57.9 Å². The molecule has 0 N–H and O–H groups in total. The number of hydrogen-bond donors (Lipinski definition) is 0. The Labute approximate surface area is 138 Å². The van der Waals surface area contributed by atoms with E-state index in [0.717, 1.165) is 5.69 Å². The van der Waals surface area contributed by atoms with Crippen LogP contribution in [0, 0.1) is 17.0 Å². The van der Waals surface area contributed by atoms with E-state index < -0.39 is 4.92 Å². The first kappa shape index (κ1) is 15.9. The third-order valence-corrected chi connectivity index (χ3v) is 3.96. The maximum Gasteiger partial charge on any atom is 0.269 e. The minimum absolute atomic E-state index is 0.0204. The van der Waals surface area contributed by atoms with Crippen molar-refractivity contribution in [2.24, 2.45) is 0 Å². The van der Waals surface area contributed by atoms with Crippen LogP contribution in [0.15, 0.2) is 36.5 Å². The number of aryl methyl sites for hydroxylation is 1. The van der Waals surface area contributed by atoms with Crippen LogP contribution in [0.3, 0.4) is 0 Å². The van der Waals surface area contributed by atoms with Gasteiger partial charge in [0.2, 0.25) is 5.95 Å². The molecule has 1 aromatic heterocycles. The lowest BCUT2D eigenvalue weighted by atomic mass is 10.1. The molecule has 0 spiro atoms. The zero-order valence-corrected chi connectivity index (χ0v) is 13.3. The summed E-state index contributed by atoms with van der Waals surface area (Å²) in [7, 11) is 0. The molecule has 0 bridgehead atoms. The van der Waals surface area contributed by atoms with Crippen molar-refractivity contribution in [3.8, 4) is 0 Å². The van der Waals surface area contributed by atoms with Gasteiger partial charge in [-0.25, -0.2) is 9.97 Å². The normalized spacial score (nSPS) is 14.5.